The van der Waals surface area contributed by atoms with E-state index in [1.54, 1.807) is 0 Å². The van der Waals surface area contributed by atoms with Crippen LogP contribution in [-0.2, 0) is 4.79 Å². The first-order valence-corrected chi connectivity index (χ1v) is 6.07. The molecule has 0 radical (unpaired) electrons. The van der Waals surface area contributed by atoms with E-state index in [0.717, 1.165) is 11.0 Å². The van der Waals surface area contributed by atoms with Crippen molar-refractivity contribution in [1.29, 1.82) is 0 Å². The number of aromatic amines is 1. The largest absolute Gasteiger partial charge is 0.480 e. The van der Waals surface area contributed by atoms with Gasteiger partial charge in [-0.3, -0.25) is 4.79 Å². The van der Waals surface area contributed by atoms with E-state index < -0.39 is 11.5 Å². The van der Waals surface area contributed by atoms with Crippen LogP contribution in [0.3, 0.4) is 0 Å². The van der Waals surface area contributed by atoms with Crippen LogP contribution in [0.4, 0.5) is 0 Å². The van der Waals surface area contributed by atoms with Gasteiger partial charge in [0.05, 0.1) is 11.0 Å². The van der Waals surface area contributed by atoms with Gasteiger partial charge in [-0.05, 0) is 19.1 Å². The lowest BCUT2D eigenvalue weighted by atomic mass is 10.1. The van der Waals surface area contributed by atoms with Crippen molar-refractivity contribution >= 4 is 28.8 Å². The number of H-pyrrole nitrogens is 1. The second-order valence-electron chi connectivity index (χ2n) is 4.07. The quantitative estimate of drug-likeness (QED) is 0.715. The van der Waals surface area contributed by atoms with Crippen LogP contribution in [0.25, 0.3) is 11.0 Å². The number of carboxylic acids is 1. The van der Waals surface area contributed by atoms with Gasteiger partial charge in [0.25, 0.3) is 0 Å². The molecule has 0 aliphatic rings. The molecular formula is C11H13N3O2S. The van der Waals surface area contributed by atoms with Crippen molar-refractivity contribution in [2.45, 2.75) is 17.6 Å². The highest BCUT2D eigenvalue weighted by Crippen LogP contribution is 2.22. The van der Waals surface area contributed by atoms with E-state index in [9.17, 15) is 4.79 Å². The van der Waals surface area contributed by atoms with Gasteiger partial charge in [0, 0.05) is 5.75 Å². The van der Waals surface area contributed by atoms with E-state index >= 15 is 0 Å². The molecule has 0 spiro atoms. The summed E-state index contributed by atoms with van der Waals surface area (Å²) < 4.78 is 0. The number of nitrogens with one attached hydrogen (secondary N) is 1. The topological polar surface area (TPSA) is 92.0 Å². The van der Waals surface area contributed by atoms with Crippen molar-refractivity contribution in [2.75, 3.05) is 5.75 Å². The number of thioether (sulfide) groups is 1. The molecule has 6 heteroatoms. The molecule has 0 amide bonds. The van der Waals surface area contributed by atoms with Gasteiger partial charge in [0.2, 0.25) is 0 Å². The van der Waals surface area contributed by atoms with E-state index in [-0.39, 0.29) is 5.75 Å². The molecule has 1 heterocycles. The van der Waals surface area contributed by atoms with Crippen LogP contribution in [-0.4, -0.2) is 32.3 Å². The summed E-state index contributed by atoms with van der Waals surface area (Å²) in [6.07, 6.45) is 0. The molecule has 0 saturated heterocycles. The standard InChI is InChI=1S/C11H13N3O2S/c1-11(12,9(15)16)6-17-10-13-7-4-2-3-5-8(7)14-10/h2-5H,6,12H2,1H3,(H,13,14)(H,15,16). The van der Waals surface area contributed by atoms with Gasteiger partial charge in [-0.2, -0.15) is 0 Å². The van der Waals surface area contributed by atoms with Gasteiger partial charge < -0.3 is 15.8 Å². The maximum absolute atomic E-state index is 10.8. The number of nitrogens with two attached hydrogens (primary N) is 1. The Bertz CT molecular complexity index is 517. The molecule has 0 aliphatic heterocycles. The summed E-state index contributed by atoms with van der Waals surface area (Å²) in [5.74, 6) is -0.747. The lowest BCUT2D eigenvalue weighted by Crippen LogP contribution is -2.47. The van der Waals surface area contributed by atoms with Crippen molar-refractivity contribution in [3.63, 3.8) is 0 Å². The first-order valence-electron chi connectivity index (χ1n) is 5.09. The van der Waals surface area contributed by atoms with Crippen molar-refractivity contribution < 1.29 is 9.90 Å². The average molecular weight is 251 g/mol. The van der Waals surface area contributed by atoms with Crippen molar-refractivity contribution in [1.82, 2.24) is 9.97 Å². The number of nitrogens with zero attached hydrogens (tertiary/aromatic N) is 1. The van der Waals surface area contributed by atoms with Gasteiger partial charge in [0.15, 0.2) is 5.16 Å². The average Bonchev–Trinajstić information content (AvgIpc) is 2.69. The fourth-order valence-electron chi connectivity index (χ4n) is 1.28. The number of carbonyl (C=O) groups is 1. The molecule has 0 aliphatic carbocycles. The lowest BCUT2D eigenvalue weighted by molar-refractivity contribution is -0.141. The smallest absolute Gasteiger partial charge is 0.324 e. The summed E-state index contributed by atoms with van der Waals surface area (Å²) in [7, 11) is 0. The van der Waals surface area contributed by atoms with Gasteiger partial charge in [-0.15, -0.1) is 0 Å². The Balaban J connectivity index is 2.12. The number of para-hydroxylation sites is 2. The molecular weight excluding hydrogens is 238 g/mol. The van der Waals surface area contributed by atoms with Crippen LogP contribution in [0, 0.1) is 0 Å². The van der Waals surface area contributed by atoms with Gasteiger partial charge in [0.1, 0.15) is 5.54 Å². The van der Waals surface area contributed by atoms with E-state index in [1.807, 2.05) is 24.3 Å². The zero-order chi connectivity index (χ0) is 12.5. The highest BCUT2D eigenvalue weighted by atomic mass is 32.2. The van der Waals surface area contributed by atoms with Crippen molar-refractivity contribution in [3.05, 3.63) is 24.3 Å². The Morgan fingerprint density at radius 3 is 2.94 bits per heavy atom. The third-order valence-electron chi connectivity index (χ3n) is 2.36. The number of aromatic nitrogens is 2. The molecule has 0 bridgehead atoms. The second kappa shape index (κ2) is 4.38. The zero-order valence-electron chi connectivity index (χ0n) is 9.30. The number of rotatable bonds is 4. The molecule has 1 aromatic heterocycles. The summed E-state index contributed by atoms with van der Waals surface area (Å²) in [5, 5.41) is 9.57. The number of hydrogen-bond acceptors (Lipinski definition) is 4. The minimum absolute atomic E-state index is 0.266. The fraction of sp³-hybridized carbons (Fsp3) is 0.273. The summed E-state index contributed by atoms with van der Waals surface area (Å²) in [4.78, 5) is 18.3. The molecule has 1 aromatic carbocycles. The minimum Gasteiger partial charge on any atom is -0.480 e. The Kier molecular flexibility index (Phi) is 3.08. The molecule has 17 heavy (non-hydrogen) atoms. The first kappa shape index (κ1) is 11.9. The number of aliphatic carboxylic acids is 1. The highest BCUT2D eigenvalue weighted by Gasteiger charge is 2.28. The van der Waals surface area contributed by atoms with Crippen LogP contribution >= 0.6 is 11.8 Å². The Labute approximate surface area is 102 Å². The highest BCUT2D eigenvalue weighted by molar-refractivity contribution is 7.99. The second-order valence-corrected chi connectivity index (χ2v) is 5.03. The third-order valence-corrected chi connectivity index (χ3v) is 3.58. The first-order chi connectivity index (χ1) is 7.99. The Morgan fingerprint density at radius 1 is 1.59 bits per heavy atom. The van der Waals surface area contributed by atoms with Crippen LogP contribution in [0.15, 0.2) is 29.4 Å². The lowest BCUT2D eigenvalue weighted by Gasteiger charge is -2.17. The monoisotopic (exact) mass is 251 g/mol. The summed E-state index contributed by atoms with van der Waals surface area (Å²) in [6.45, 7) is 1.49. The minimum atomic E-state index is -1.25. The van der Waals surface area contributed by atoms with Gasteiger partial charge in [-0.25, -0.2) is 4.98 Å². The number of carboxylic acid groups (broad SMARTS) is 1. The molecule has 2 rings (SSSR count). The van der Waals surface area contributed by atoms with Crippen LogP contribution < -0.4 is 5.73 Å². The van der Waals surface area contributed by atoms with E-state index in [0.29, 0.717) is 5.16 Å². The molecule has 5 nitrogen and oxygen atoms in total. The SMILES string of the molecule is CC(N)(CSc1nc2ccccc2[nH]1)C(=O)O. The summed E-state index contributed by atoms with van der Waals surface area (Å²) in [5.41, 5.74) is 6.19. The zero-order valence-corrected chi connectivity index (χ0v) is 10.1. The Hall–Kier alpha value is -1.53. The van der Waals surface area contributed by atoms with Gasteiger partial charge in [-0.1, -0.05) is 23.9 Å². The third kappa shape index (κ3) is 2.59. The maximum Gasteiger partial charge on any atom is 0.324 e. The van der Waals surface area contributed by atoms with Crippen LogP contribution in [0.2, 0.25) is 0 Å². The number of benzene rings is 1. The molecule has 2 aromatic rings. The fourth-order valence-corrected chi connectivity index (χ4v) is 2.18. The number of imidazole rings is 1. The predicted molar refractivity (Wildman–Crippen MR) is 67.0 cm³/mol. The molecule has 90 valence electrons. The summed E-state index contributed by atoms with van der Waals surface area (Å²) >= 11 is 1.31. The van der Waals surface area contributed by atoms with E-state index in [2.05, 4.69) is 9.97 Å². The van der Waals surface area contributed by atoms with Crippen molar-refractivity contribution in [3.8, 4) is 0 Å². The normalized spacial score (nSPS) is 14.7. The van der Waals surface area contributed by atoms with Crippen molar-refractivity contribution in [2.24, 2.45) is 5.73 Å². The maximum atomic E-state index is 10.8. The number of hydrogen-bond donors (Lipinski definition) is 3. The molecule has 0 fully saturated rings. The Morgan fingerprint density at radius 2 is 2.29 bits per heavy atom. The predicted octanol–water partition coefficient (Wildman–Crippen LogP) is 1.46. The molecule has 4 N–H and O–H groups in total. The van der Waals surface area contributed by atoms with E-state index in [4.69, 9.17) is 10.8 Å². The molecule has 1 unspecified atom stereocenters. The van der Waals surface area contributed by atoms with Crippen LogP contribution in [0.5, 0.6) is 0 Å². The summed E-state index contributed by atoms with van der Waals surface area (Å²) in [6, 6.07) is 7.64. The molecule has 0 saturated carbocycles. The van der Waals surface area contributed by atoms with Gasteiger partial charge >= 0.3 is 5.97 Å². The van der Waals surface area contributed by atoms with Crippen LogP contribution in [0.1, 0.15) is 6.92 Å². The van der Waals surface area contributed by atoms with E-state index in [1.165, 1.54) is 18.7 Å². The molecule has 1 atom stereocenters. The number of fused-ring (bicyclic) bond motifs is 1.